The van der Waals surface area contributed by atoms with Crippen LogP contribution in [0.1, 0.15) is 40.5 Å². The van der Waals surface area contributed by atoms with Crippen LogP contribution in [0.5, 0.6) is 0 Å². The molecular formula is C20H22N2O3. The Bertz CT molecular complexity index is 714. The second-order valence-corrected chi connectivity index (χ2v) is 5.85. The number of carbonyl (C=O) groups is 3. The highest BCUT2D eigenvalue weighted by Gasteiger charge is 2.16. The molecule has 2 amide bonds. The molecule has 25 heavy (non-hydrogen) atoms. The van der Waals surface area contributed by atoms with Crippen molar-refractivity contribution in [2.75, 3.05) is 6.54 Å². The van der Waals surface area contributed by atoms with E-state index in [1.54, 1.807) is 48.5 Å². The lowest BCUT2D eigenvalue weighted by atomic mass is 10.1. The Kier molecular flexibility index (Phi) is 6.89. The number of rotatable bonds is 8. The summed E-state index contributed by atoms with van der Waals surface area (Å²) in [6.07, 6.45) is 0.823. The maximum absolute atomic E-state index is 12.3. The first-order chi connectivity index (χ1) is 12.1. The Morgan fingerprint density at radius 3 is 1.88 bits per heavy atom. The summed E-state index contributed by atoms with van der Waals surface area (Å²) in [6, 6.07) is 17.4. The van der Waals surface area contributed by atoms with Crippen molar-refractivity contribution in [1.82, 2.24) is 10.6 Å². The minimum atomic E-state index is -0.315. The number of ketones is 1. The number of Topliss-reactive ketones (excluding diaryl/α,β-unsaturated/α-hetero) is 1. The molecular weight excluding hydrogens is 316 g/mol. The van der Waals surface area contributed by atoms with Crippen molar-refractivity contribution in [3.63, 3.8) is 0 Å². The summed E-state index contributed by atoms with van der Waals surface area (Å²) in [6.45, 7) is 1.78. The summed E-state index contributed by atoms with van der Waals surface area (Å²) >= 11 is 0. The molecule has 0 radical (unpaired) electrons. The molecule has 0 aliphatic heterocycles. The van der Waals surface area contributed by atoms with Gasteiger partial charge in [-0.1, -0.05) is 36.4 Å². The monoisotopic (exact) mass is 338 g/mol. The minimum absolute atomic E-state index is 0.0494. The summed E-state index contributed by atoms with van der Waals surface area (Å²) in [5.74, 6) is -0.376. The van der Waals surface area contributed by atoms with Crippen molar-refractivity contribution in [3.05, 3.63) is 71.8 Å². The maximum Gasteiger partial charge on any atom is 0.251 e. The van der Waals surface area contributed by atoms with Gasteiger partial charge in [-0.2, -0.15) is 0 Å². The Balaban J connectivity index is 1.96. The van der Waals surface area contributed by atoms with E-state index in [1.807, 2.05) is 12.1 Å². The van der Waals surface area contributed by atoms with Gasteiger partial charge in [0.15, 0.2) is 0 Å². The van der Waals surface area contributed by atoms with Crippen LogP contribution in [0.25, 0.3) is 0 Å². The Labute approximate surface area is 147 Å². The highest BCUT2D eigenvalue weighted by molar-refractivity contribution is 5.95. The van der Waals surface area contributed by atoms with Crippen LogP contribution in [-0.2, 0) is 4.79 Å². The van der Waals surface area contributed by atoms with Gasteiger partial charge in [0.25, 0.3) is 11.8 Å². The van der Waals surface area contributed by atoms with E-state index >= 15 is 0 Å². The smallest absolute Gasteiger partial charge is 0.251 e. The van der Waals surface area contributed by atoms with Crippen molar-refractivity contribution in [2.45, 2.75) is 25.8 Å². The van der Waals surface area contributed by atoms with Crippen LogP contribution in [0.4, 0.5) is 0 Å². The lowest BCUT2D eigenvalue weighted by Crippen LogP contribution is -2.44. The summed E-state index contributed by atoms with van der Waals surface area (Å²) in [4.78, 5) is 35.7. The fraction of sp³-hybridized carbons (Fsp3) is 0.250. The van der Waals surface area contributed by atoms with Crippen molar-refractivity contribution in [3.8, 4) is 0 Å². The zero-order valence-corrected chi connectivity index (χ0v) is 14.2. The lowest BCUT2D eigenvalue weighted by Gasteiger charge is -2.19. The molecule has 0 aliphatic rings. The SMILES string of the molecule is CC(=O)CCC(CNC(=O)c1ccccc1)NC(=O)c1ccccc1. The molecule has 0 aliphatic carbocycles. The quantitative estimate of drug-likeness (QED) is 0.777. The number of hydrogen-bond donors (Lipinski definition) is 2. The first kappa shape index (κ1) is 18.4. The molecule has 0 bridgehead atoms. The van der Waals surface area contributed by atoms with Crippen LogP contribution in [0.3, 0.4) is 0 Å². The van der Waals surface area contributed by atoms with Gasteiger partial charge in [0.05, 0.1) is 0 Å². The van der Waals surface area contributed by atoms with Gasteiger partial charge in [-0.05, 0) is 37.6 Å². The van der Waals surface area contributed by atoms with E-state index in [-0.39, 0.29) is 30.2 Å². The Hall–Kier alpha value is -2.95. The van der Waals surface area contributed by atoms with Crippen LogP contribution in [0, 0.1) is 0 Å². The van der Waals surface area contributed by atoms with E-state index in [0.717, 1.165) is 0 Å². The number of carbonyl (C=O) groups excluding carboxylic acids is 3. The second-order valence-electron chi connectivity index (χ2n) is 5.85. The van der Waals surface area contributed by atoms with Gasteiger partial charge in [-0.15, -0.1) is 0 Å². The third kappa shape index (κ3) is 6.22. The number of hydrogen-bond acceptors (Lipinski definition) is 3. The fourth-order valence-corrected chi connectivity index (χ4v) is 2.37. The Morgan fingerprint density at radius 2 is 1.36 bits per heavy atom. The van der Waals surface area contributed by atoms with E-state index in [0.29, 0.717) is 24.0 Å². The number of benzene rings is 2. The maximum atomic E-state index is 12.3. The number of nitrogens with one attached hydrogen (secondary N) is 2. The molecule has 0 heterocycles. The van der Waals surface area contributed by atoms with Crippen LogP contribution in [-0.4, -0.2) is 30.2 Å². The zero-order valence-electron chi connectivity index (χ0n) is 14.2. The topological polar surface area (TPSA) is 75.3 Å². The molecule has 1 unspecified atom stereocenters. The van der Waals surface area contributed by atoms with Gasteiger partial charge in [0.2, 0.25) is 0 Å². The summed E-state index contributed by atoms with van der Waals surface area (Å²) < 4.78 is 0. The van der Waals surface area contributed by atoms with Crippen LogP contribution in [0.2, 0.25) is 0 Å². The molecule has 2 aromatic rings. The summed E-state index contributed by atoms with van der Waals surface area (Å²) in [5, 5.41) is 5.70. The minimum Gasteiger partial charge on any atom is -0.350 e. The van der Waals surface area contributed by atoms with Crippen LogP contribution in [0.15, 0.2) is 60.7 Å². The van der Waals surface area contributed by atoms with Crippen LogP contribution < -0.4 is 10.6 Å². The third-order valence-corrected chi connectivity index (χ3v) is 3.76. The van der Waals surface area contributed by atoms with Crippen molar-refractivity contribution in [2.24, 2.45) is 0 Å². The molecule has 0 spiro atoms. The first-order valence-electron chi connectivity index (χ1n) is 8.25. The van der Waals surface area contributed by atoms with Crippen molar-refractivity contribution >= 4 is 17.6 Å². The van der Waals surface area contributed by atoms with Crippen molar-refractivity contribution in [1.29, 1.82) is 0 Å². The van der Waals surface area contributed by atoms with E-state index in [2.05, 4.69) is 10.6 Å². The third-order valence-electron chi connectivity index (χ3n) is 3.76. The number of amides is 2. The van der Waals surface area contributed by atoms with E-state index in [9.17, 15) is 14.4 Å². The predicted molar refractivity (Wildman–Crippen MR) is 96.4 cm³/mol. The van der Waals surface area contributed by atoms with E-state index in [4.69, 9.17) is 0 Å². The van der Waals surface area contributed by atoms with Gasteiger partial charge in [-0.25, -0.2) is 0 Å². The zero-order chi connectivity index (χ0) is 18.1. The average Bonchev–Trinajstić information content (AvgIpc) is 2.64. The summed E-state index contributed by atoms with van der Waals surface area (Å²) in [5.41, 5.74) is 1.10. The van der Waals surface area contributed by atoms with Gasteiger partial charge < -0.3 is 15.4 Å². The molecule has 5 heteroatoms. The molecule has 0 aromatic heterocycles. The largest absolute Gasteiger partial charge is 0.350 e. The first-order valence-corrected chi connectivity index (χ1v) is 8.25. The molecule has 0 saturated carbocycles. The summed E-state index contributed by atoms with van der Waals surface area (Å²) in [7, 11) is 0. The standard InChI is InChI=1S/C20H22N2O3/c1-15(23)12-13-18(22-20(25)17-10-6-3-7-11-17)14-21-19(24)16-8-4-2-5-9-16/h2-11,18H,12-14H2,1H3,(H,21,24)(H,22,25). The molecule has 2 aromatic carbocycles. The normalized spacial score (nSPS) is 11.4. The highest BCUT2D eigenvalue weighted by Crippen LogP contribution is 2.04. The fourth-order valence-electron chi connectivity index (χ4n) is 2.37. The van der Waals surface area contributed by atoms with Gasteiger partial charge >= 0.3 is 0 Å². The van der Waals surface area contributed by atoms with Crippen LogP contribution >= 0.6 is 0 Å². The molecule has 5 nitrogen and oxygen atoms in total. The van der Waals surface area contributed by atoms with Gasteiger partial charge in [0.1, 0.15) is 5.78 Å². The molecule has 130 valence electrons. The Morgan fingerprint density at radius 1 is 0.840 bits per heavy atom. The lowest BCUT2D eigenvalue weighted by molar-refractivity contribution is -0.117. The second kappa shape index (κ2) is 9.37. The van der Waals surface area contributed by atoms with E-state index in [1.165, 1.54) is 6.92 Å². The molecule has 2 N–H and O–H groups in total. The predicted octanol–water partition coefficient (Wildman–Crippen LogP) is 2.58. The van der Waals surface area contributed by atoms with E-state index < -0.39 is 0 Å². The molecule has 2 rings (SSSR count). The molecule has 0 fully saturated rings. The van der Waals surface area contributed by atoms with Crippen molar-refractivity contribution < 1.29 is 14.4 Å². The average molecular weight is 338 g/mol. The molecule has 0 saturated heterocycles. The highest BCUT2D eigenvalue weighted by atomic mass is 16.2. The van der Waals surface area contributed by atoms with Gasteiger partial charge in [-0.3, -0.25) is 9.59 Å². The molecule has 1 atom stereocenters. The van der Waals surface area contributed by atoms with Gasteiger partial charge in [0, 0.05) is 30.1 Å².